The van der Waals surface area contributed by atoms with Crippen LogP contribution in [0.2, 0.25) is 5.02 Å². The van der Waals surface area contributed by atoms with Gasteiger partial charge in [0.25, 0.3) is 0 Å². The van der Waals surface area contributed by atoms with Crippen LogP contribution in [0.5, 0.6) is 5.75 Å². The minimum atomic E-state index is -1.02. The number of aromatic nitrogens is 6. The van der Waals surface area contributed by atoms with Crippen molar-refractivity contribution in [3.8, 4) is 28.5 Å². The highest BCUT2D eigenvalue weighted by Gasteiger charge is 2.22. The quantitative estimate of drug-likeness (QED) is 0.253. The highest BCUT2D eigenvalue weighted by atomic mass is 35.5. The molecule has 0 unspecified atom stereocenters. The monoisotopic (exact) mass is 538 g/mol. The lowest BCUT2D eigenvalue weighted by Gasteiger charge is -2.16. The molecule has 11 heteroatoms. The molecule has 7 nitrogen and oxygen atoms in total. The molecule has 2 heterocycles. The first kappa shape index (κ1) is 24.4. The second kappa shape index (κ2) is 10.1. The van der Waals surface area contributed by atoms with Gasteiger partial charge in [-0.25, -0.2) is 23.3 Å². The molecule has 1 saturated carbocycles. The van der Waals surface area contributed by atoms with Crippen LogP contribution >= 0.6 is 11.6 Å². The Morgan fingerprint density at radius 2 is 1.79 bits per heavy atom. The number of hydrogen-bond acceptors (Lipinski definition) is 5. The van der Waals surface area contributed by atoms with Crippen LogP contribution in [0.3, 0.4) is 0 Å². The molecule has 0 atom stereocenters. The van der Waals surface area contributed by atoms with E-state index >= 15 is 4.39 Å². The van der Waals surface area contributed by atoms with Crippen LogP contribution in [-0.4, -0.2) is 36.8 Å². The topological polar surface area (TPSA) is 81.5 Å². The summed E-state index contributed by atoms with van der Waals surface area (Å²) in [7, 11) is 0. The van der Waals surface area contributed by atoms with Crippen LogP contribution in [0.25, 0.3) is 33.8 Å². The lowest BCUT2D eigenvalue weighted by Crippen LogP contribution is -2.10. The lowest BCUT2D eigenvalue weighted by molar-refractivity contribution is 0.253. The van der Waals surface area contributed by atoms with E-state index in [4.69, 9.17) is 16.3 Å². The van der Waals surface area contributed by atoms with E-state index in [1.807, 2.05) is 0 Å². The number of benzene rings is 3. The third-order valence-electron chi connectivity index (χ3n) is 6.92. The molecule has 1 aliphatic rings. The summed E-state index contributed by atoms with van der Waals surface area (Å²) < 4.78 is 51.6. The molecule has 0 spiro atoms. The molecule has 3 aromatic carbocycles. The number of imidazole rings is 1. The van der Waals surface area contributed by atoms with Gasteiger partial charge in [-0.1, -0.05) is 36.6 Å². The van der Waals surface area contributed by atoms with Gasteiger partial charge in [-0.3, -0.25) is 0 Å². The van der Waals surface area contributed by atoms with E-state index in [9.17, 15) is 8.78 Å². The molecule has 6 rings (SSSR count). The van der Waals surface area contributed by atoms with Crippen LogP contribution in [-0.2, 0) is 6.54 Å². The standard InChI is InChI=1S/C27H22ClF3N6O/c28-18-7-8-19(25(10-18)38-14-15-3-1-2-4-15)27-32-23-11-21(30)22(31)12-24(23)37(27)13-17-6-5-16(9-20(17)29)26-33-35-36-34-26/h5-12,15H,1-4,13-14H2,(H,33,34,35,36). The minimum absolute atomic E-state index is 0.00235. The fourth-order valence-electron chi connectivity index (χ4n) is 4.95. The molecule has 2 aromatic heterocycles. The molecule has 1 N–H and O–H groups in total. The largest absolute Gasteiger partial charge is 0.492 e. The molecule has 194 valence electrons. The van der Waals surface area contributed by atoms with Crippen molar-refractivity contribution in [1.29, 1.82) is 0 Å². The zero-order chi connectivity index (χ0) is 26.2. The Balaban J connectivity index is 1.44. The molecule has 0 saturated heterocycles. The average Bonchev–Trinajstić information content (AvgIpc) is 3.67. The van der Waals surface area contributed by atoms with Gasteiger partial charge in [0.05, 0.1) is 29.7 Å². The van der Waals surface area contributed by atoms with Crippen LogP contribution in [0, 0.1) is 23.4 Å². The van der Waals surface area contributed by atoms with Gasteiger partial charge < -0.3 is 9.30 Å². The van der Waals surface area contributed by atoms with Crippen LogP contribution in [0.4, 0.5) is 13.2 Å². The first-order valence-corrected chi connectivity index (χ1v) is 12.6. The fourth-order valence-corrected chi connectivity index (χ4v) is 5.11. The van der Waals surface area contributed by atoms with Gasteiger partial charge in [0.15, 0.2) is 17.5 Å². The Morgan fingerprint density at radius 1 is 0.974 bits per heavy atom. The van der Waals surface area contributed by atoms with Gasteiger partial charge in [0.2, 0.25) is 0 Å². The van der Waals surface area contributed by atoms with Gasteiger partial charge >= 0.3 is 0 Å². The van der Waals surface area contributed by atoms with Crippen LogP contribution in [0.1, 0.15) is 31.2 Å². The predicted molar refractivity (Wildman–Crippen MR) is 136 cm³/mol. The molecule has 1 aliphatic carbocycles. The van der Waals surface area contributed by atoms with Gasteiger partial charge in [-0.05, 0) is 53.5 Å². The summed E-state index contributed by atoms with van der Waals surface area (Å²) in [6.45, 7) is 0.534. The van der Waals surface area contributed by atoms with Gasteiger partial charge in [-0.2, -0.15) is 0 Å². The molecule has 0 bridgehead atoms. The third kappa shape index (κ3) is 4.71. The van der Waals surface area contributed by atoms with Crippen molar-refractivity contribution in [3.63, 3.8) is 0 Å². The zero-order valence-corrected chi connectivity index (χ0v) is 20.9. The third-order valence-corrected chi connectivity index (χ3v) is 7.16. The van der Waals surface area contributed by atoms with Crippen molar-refractivity contribution in [1.82, 2.24) is 30.2 Å². The summed E-state index contributed by atoms with van der Waals surface area (Å²) >= 11 is 6.29. The molecule has 0 amide bonds. The van der Waals surface area contributed by atoms with Gasteiger partial charge in [-0.15, -0.1) is 5.10 Å². The number of aromatic amines is 1. The number of H-pyrrole nitrogens is 1. The molecular formula is C27H22ClF3N6O. The average molecular weight is 539 g/mol. The van der Waals surface area contributed by atoms with E-state index in [2.05, 4.69) is 25.6 Å². The van der Waals surface area contributed by atoms with Crippen LogP contribution < -0.4 is 4.74 Å². The van der Waals surface area contributed by atoms with Crippen molar-refractivity contribution in [2.75, 3.05) is 6.61 Å². The minimum Gasteiger partial charge on any atom is -0.492 e. The maximum absolute atomic E-state index is 15.2. The SMILES string of the molecule is Fc1cc2nc(-c3ccc(Cl)cc3OCC3CCCC3)n(Cc3ccc(-c4nnn[nH]4)cc3F)c2cc1F. The fraction of sp³-hybridized carbons (Fsp3) is 0.259. The number of tetrazole rings is 1. The first-order valence-electron chi connectivity index (χ1n) is 12.3. The predicted octanol–water partition coefficient (Wildman–Crippen LogP) is 6.57. The summed E-state index contributed by atoms with van der Waals surface area (Å²) in [6.07, 6.45) is 4.57. The number of rotatable bonds is 7. The second-order valence-corrected chi connectivity index (χ2v) is 9.87. The summed E-state index contributed by atoms with van der Waals surface area (Å²) in [5, 5.41) is 13.9. The summed E-state index contributed by atoms with van der Waals surface area (Å²) in [5.74, 6) is -0.876. The van der Waals surface area contributed by atoms with E-state index in [1.165, 1.54) is 18.9 Å². The Kier molecular flexibility index (Phi) is 6.49. The molecule has 38 heavy (non-hydrogen) atoms. The summed E-state index contributed by atoms with van der Waals surface area (Å²) in [4.78, 5) is 4.62. The summed E-state index contributed by atoms with van der Waals surface area (Å²) in [6, 6.07) is 11.9. The molecule has 1 fully saturated rings. The number of nitrogens with one attached hydrogen (secondary N) is 1. The molecule has 5 aromatic rings. The zero-order valence-electron chi connectivity index (χ0n) is 20.1. The normalized spacial score (nSPS) is 14.0. The number of fused-ring (bicyclic) bond motifs is 1. The van der Waals surface area contributed by atoms with Crippen molar-refractivity contribution < 1.29 is 17.9 Å². The maximum Gasteiger partial charge on any atom is 0.179 e. The van der Waals surface area contributed by atoms with E-state index in [1.54, 1.807) is 34.9 Å². The van der Waals surface area contributed by atoms with E-state index in [-0.39, 0.29) is 12.1 Å². The first-order chi connectivity index (χ1) is 18.5. The van der Waals surface area contributed by atoms with Gasteiger partial charge in [0, 0.05) is 28.3 Å². The smallest absolute Gasteiger partial charge is 0.179 e. The second-order valence-electron chi connectivity index (χ2n) is 9.43. The van der Waals surface area contributed by atoms with Gasteiger partial charge in [0.1, 0.15) is 17.4 Å². The van der Waals surface area contributed by atoms with Crippen LogP contribution in [0.15, 0.2) is 48.5 Å². The number of ether oxygens (including phenoxy) is 1. The van der Waals surface area contributed by atoms with E-state index in [0.29, 0.717) is 57.2 Å². The lowest BCUT2D eigenvalue weighted by atomic mass is 10.1. The van der Waals surface area contributed by atoms with Crippen molar-refractivity contribution >= 4 is 22.6 Å². The van der Waals surface area contributed by atoms with Crippen molar-refractivity contribution in [3.05, 3.63) is 76.6 Å². The maximum atomic E-state index is 15.2. The molecular weight excluding hydrogens is 517 g/mol. The highest BCUT2D eigenvalue weighted by molar-refractivity contribution is 6.30. The van der Waals surface area contributed by atoms with E-state index < -0.39 is 17.5 Å². The summed E-state index contributed by atoms with van der Waals surface area (Å²) in [5.41, 5.74) is 1.93. The number of hydrogen-bond donors (Lipinski definition) is 1. The van der Waals surface area contributed by atoms with E-state index in [0.717, 1.165) is 25.0 Å². The highest BCUT2D eigenvalue weighted by Crippen LogP contribution is 2.36. The molecule has 0 radical (unpaired) electrons. The Hall–Kier alpha value is -3.92. The Labute approximate surface area is 220 Å². The van der Waals surface area contributed by atoms with Crippen molar-refractivity contribution in [2.24, 2.45) is 5.92 Å². The molecule has 0 aliphatic heterocycles. The van der Waals surface area contributed by atoms with Crippen molar-refractivity contribution in [2.45, 2.75) is 32.2 Å². The number of nitrogens with zero attached hydrogens (tertiary/aromatic N) is 5. The Bertz CT molecular complexity index is 1620. The Morgan fingerprint density at radius 3 is 2.55 bits per heavy atom. The number of halogens is 4.